The monoisotopic (exact) mass is 387 g/mol. The summed E-state index contributed by atoms with van der Waals surface area (Å²) in [6, 6.07) is 0. The van der Waals surface area contributed by atoms with Crippen LogP contribution in [0, 0.1) is 19.8 Å². The van der Waals surface area contributed by atoms with E-state index in [1.54, 1.807) is 6.33 Å². The summed E-state index contributed by atoms with van der Waals surface area (Å²) in [5.41, 5.74) is 1.69. The number of fused-ring (bicyclic) bond motifs is 1. The number of anilines is 1. The van der Waals surface area contributed by atoms with Crippen molar-refractivity contribution in [2.45, 2.75) is 26.7 Å². The number of rotatable bonds is 5. The van der Waals surface area contributed by atoms with Gasteiger partial charge in [0.25, 0.3) is 0 Å². The van der Waals surface area contributed by atoms with Crippen LogP contribution in [0.4, 0.5) is 5.82 Å². The first-order chi connectivity index (χ1) is 13.6. The number of piperidine rings is 1. The Balaban J connectivity index is 1.38. The SMILES string of the molecule is Cc1oc2ncnc(N3CCCC(C(=O)NCCN4CCOCC4)C3)c2c1C. The number of nitrogens with zero attached hydrogens (tertiary/aromatic N) is 4. The van der Waals surface area contributed by atoms with Gasteiger partial charge in [0.1, 0.15) is 17.9 Å². The van der Waals surface area contributed by atoms with E-state index in [4.69, 9.17) is 9.15 Å². The molecule has 2 aliphatic heterocycles. The average molecular weight is 387 g/mol. The first kappa shape index (κ1) is 19.1. The number of hydrogen-bond donors (Lipinski definition) is 1. The predicted molar refractivity (Wildman–Crippen MR) is 106 cm³/mol. The average Bonchev–Trinajstić information content (AvgIpc) is 3.03. The van der Waals surface area contributed by atoms with Crippen molar-refractivity contribution in [2.75, 3.05) is 57.4 Å². The number of nitrogens with one attached hydrogen (secondary N) is 1. The van der Waals surface area contributed by atoms with Crippen molar-refractivity contribution in [2.24, 2.45) is 5.92 Å². The minimum Gasteiger partial charge on any atom is -0.443 e. The zero-order chi connectivity index (χ0) is 19.5. The fourth-order valence-electron chi connectivity index (χ4n) is 4.09. The molecule has 2 aromatic heterocycles. The lowest BCUT2D eigenvalue weighted by atomic mass is 9.96. The number of morpholine rings is 1. The Bertz CT molecular complexity index is 831. The molecule has 8 nitrogen and oxygen atoms in total. The molecule has 8 heteroatoms. The van der Waals surface area contributed by atoms with Gasteiger partial charge in [0.05, 0.1) is 24.5 Å². The van der Waals surface area contributed by atoms with E-state index in [1.807, 2.05) is 13.8 Å². The minimum atomic E-state index is -0.0169. The van der Waals surface area contributed by atoms with E-state index in [1.165, 1.54) is 0 Å². The van der Waals surface area contributed by atoms with Gasteiger partial charge in [0.15, 0.2) is 0 Å². The molecule has 2 aliphatic rings. The summed E-state index contributed by atoms with van der Waals surface area (Å²) in [6.45, 7) is 10.6. The number of ether oxygens (including phenoxy) is 1. The van der Waals surface area contributed by atoms with Gasteiger partial charge in [0.2, 0.25) is 11.6 Å². The van der Waals surface area contributed by atoms with Gasteiger partial charge in [-0.05, 0) is 26.7 Å². The van der Waals surface area contributed by atoms with Crippen molar-refractivity contribution in [1.82, 2.24) is 20.2 Å². The molecule has 1 amide bonds. The topological polar surface area (TPSA) is 83.7 Å². The number of aromatic nitrogens is 2. The molecule has 0 spiro atoms. The summed E-state index contributed by atoms with van der Waals surface area (Å²) in [5.74, 6) is 1.87. The van der Waals surface area contributed by atoms with Gasteiger partial charge < -0.3 is 19.4 Å². The third kappa shape index (κ3) is 3.98. The van der Waals surface area contributed by atoms with Crippen LogP contribution in [-0.4, -0.2) is 73.3 Å². The van der Waals surface area contributed by atoms with Crippen LogP contribution in [-0.2, 0) is 9.53 Å². The van der Waals surface area contributed by atoms with Crippen LogP contribution in [0.25, 0.3) is 11.1 Å². The van der Waals surface area contributed by atoms with Crippen molar-refractivity contribution in [1.29, 1.82) is 0 Å². The lowest BCUT2D eigenvalue weighted by Crippen LogP contribution is -2.46. The minimum absolute atomic E-state index is 0.0169. The van der Waals surface area contributed by atoms with E-state index >= 15 is 0 Å². The summed E-state index contributed by atoms with van der Waals surface area (Å²) >= 11 is 0. The Kier molecular flexibility index (Phi) is 5.77. The molecule has 4 rings (SSSR count). The van der Waals surface area contributed by atoms with E-state index < -0.39 is 0 Å². The lowest BCUT2D eigenvalue weighted by Gasteiger charge is -2.33. The molecule has 1 atom stereocenters. The highest BCUT2D eigenvalue weighted by molar-refractivity contribution is 5.90. The number of furan rings is 1. The van der Waals surface area contributed by atoms with Gasteiger partial charge in [-0.1, -0.05) is 0 Å². The standard InChI is InChI=1S/C20H29N5O3/c1-14-15(2)28-20-17(14)18(22-13-23-20)25-6-3-4-16(12-25)19(26)21-5-7-24-8-10-27-11-9-24/h13,16H,3-12H2,1-2H3,(H,21,26). The summed E-state index contributed by atoms with van der Waals surface area (Å²) < 4.78 is 11.1. The van der Waals surface area contributed by atoms with Crippen molar-refractivity contribution >= 4 is 22.8 Å². The fourth-order valence-corrected chi connectivity index (χ4v) is 4.09. The largest absolute Gasteiger partial charge is 0.443 e. The maximum Gasteiger partial charge on any atom is 0.231 e. The highest BCUT2D eigenvalue weighted by atomic mass is 16.5. The van der Waals surface area contributed by atoms with E-state index in [2.05, 4.69) is 25.1 Å². The maximum absolute atomic E-state index is 12.7. The first-order valence-electron chi connectivity index (χ1n) is 10.2. The molecular formula is C20H29N5O3. The zero-order valence-electron chi connectivity index (χ0n) is 16.7. The first-order valence-corrected chi connectivity index (χ1v) is 10.2. The third-order valence-corrected chi connectivity index (χ3v) is 5.87. The van der Waals surface area contributed by atoms with Crippen LogP contribution in [0.15, 0.2) is 10.7 Å². The molecule has 2 fully saturated rings. The molecule has 4 heterocycles. The van der Waals surface area contributed by atoms with Crippen LogP contribution >= 0.6 is 0 Å². The lowest BCUT2D eigenvalue weighted by molar-refractivity contribution is -0.125. The van der Waals surface area contributed by atoms with Crippen LogP contribution in [0.1, 0.15) is 24.2 Å². The molecule has 0 aliphatic carbocycles. The van der Waals surface area contributed by atoms with Crippen molar-refractivity contribution in [3.05, 3.63) is 17.7 Å². The van der Waals surface area contributed by atoms with Crippen molar-refractivity contribution < 1.29 is 13.9 Å². The molecular weight excluding hydrogens is 358 g/mol. The van der Waals surface area contributed by atoms with E-state index in [-0.39, 0.29) is 11.8 Å². The summed E-state index contributed by atoms with van der Waals surface area (Å²) in [5, 5.41) is 4.09. The van der Waals surface area contributed by atoms with Crippen LogP contribution in [0.5, 0.6) is 0 Å². The Labute approximate surface area is 165 Å². The van der Waals surface area contributed by atoms with Gasteiger partial charge in [-0.3, -0.25) is 9.69 Å². The third-order valence-electron chi connectivity index (χ3n) is 5.87. The van der Waals surface area contributed by atoms with Crippen LogP contribution in [0.3, 0.4) is 0 Å². The molecule has 0 bridgehead atoms. The van der Waals surface area contributed by atoms with Gasteiger partial charge in [-0.25, -0.2) is 9.97 Å². The van der Waals surface area contributed by atoms with Gasteiger partial charge in [-0.2, -0.15) is 0 Å². The Morgan fingerprint density at radius 3 is 2.89 bits per heavy atom. The van der Waals surface area contributed by atoms with Gasteiger partial charge in [0, 0.05) is 44.8 Å². The Morgan fingerprint density at radius 2 is 2.07 bits per heavy atom. The second-order valence-corrected chi connectivity index (χ2v) is 7.69. The highest BCUT2D eigenvalue weighted by Gasteiger charge is 2.28. The number of hydrogen-bond acceptors (Lipinski definition) is 7. The summed E-state index contributed by atoms with van der Waals surface area (Å²) in [6.07, 6.45) is 3.44. The zero-order valence-corrected chi connectivity index (χ0v) is 16.7. The normalized spacial score (nSPS) is 21.2. The highest BCUT2D eigenvalue weighted by Crippen LogP contribution is 2.32. The molecule has 1 unspecified atom stereocenters. The quantitative estimate of drug-likeness (QED) is 0.832. The number of aryl methyl sites for hydroxylation is 2. The van der Waals surface area contributed by atoms with Crippen LogP contribution < -0.4 is 10.2 Å². The van der Waals surface area contributed by atoms with Gasteiger partial charge >= 0.3 is 0 Å². The second-order valence-electron chi connectivity index (χ2n) is 7.69. The number of carbonyl (C=O) groups is 1. The smallest absolute Gasteiger partial charge is 0.231 e. The maximum atomic E-state index is 12.7. The number of carbonyl (C=O) groups excluding carboxylic acids is 1. The van der Waals surface area contributed by atoms with E-state index in [0.29, 0.717) is 18.8 Å². The summed E-state index contributed by atoms with van der Waals surface area (Å²) in [4.78, 5) is 26.0. The second kappa shape index (κ2) is 8.45. The van der Waals surface area contributed by atoms with Crippen LogP contribution in [0.2, 0.25) is 0 Å². The molecule has 28 heavy (non-hydrogen) atoms. The molecule has 2 saturated heterocycles. The molecule has 152 valence electrons. The Hall–Kier alpha value is -2.19. The molecule has 2 aromatic rings. The fraction of sp³-hybridized carbons (Fsp3) is 0.650. The molecule has 0 aromatic carbocycles. The molecule has 0 radical (unpaired) electrons. The van der Waals surface area contributed by atoms with E-state index in [0.717, 1.165) is 74.8 Å². The Morgan fingerprint density at radius 1 is 1.25 bits per heavy atom. The predicted octanol–water partition coefficient (Wildman–Crippen LogP) is 1.50. The van der Waals surface area contributed by atoms with Gasteiger partial charge in [-0.15, -0.1) is 0 Å². The summed E-state index contributed by atoms with van der Waals surface area (Å²) in [7, 11) is 0. The van der Waals surface area contributed by atoms with Crippen molar-refractivity contribution in [3.63, 3.8) is 0 Å². The van der Waals surface area contributed by atoms with Crippen molar-refractivity contribution in [3.8, 4) is 0 Å². The molecule has 1 N–H and O–H groups in total. The molecule has 0 saturated carbocycles. The number of amides is 1. The van der Waals surface area contributed by atoms with E-state index in [9.17, 15) is 4.79 Å².